The van der Waals surface area contributed by atoms with Gasteiger partial charge in [0.1, 0.15) is 11.2 Å². The van der Waals surface area contributed by atoms with Crippen LogP contribution in [0.2, 0.25) is 0 Å². The highest BCUT2D eigenvalue weighted by Gasteiger charge is 2.05. The molecule has 0 amide bonds. The largest absolute Gasteiger partial charge is 0.319 e. The summed E-state index contributed by atoms with van der Waals surface area (Å²) in [4.78, 5) is 22.4. The standard InChI is InChI=1S/C10H12N4OS/c1-5(2)14-4-7-8(13-10(14)16)12-9(15)6(3)11-7/h4-5H,1-3H3,(H,12,13,15,16). The number of H-pyrrole nitrogens is 1. The van der Waals surface area contributed by atoms with Gasteiger partial charge in [0, 0.05) is 12.2 Å². The van der Waals surface area contributed by atoms with Gasteiger partial charge in [-0.05, 0) is 33.0 Å². The molecule has 0 unspecified atom stereocenters. The van der Waals surface area contributed by atoms with Crippen molar-refractivity contribution in [3.05, 3.63) is 27.0 Å². The predicted molar refractivity (Wildman–Crippen MR) is 64.1 cm³/mol. The van der Waals surface area contributed by atoms with Crippen LogP contribution in [0.25, 0.3) is 11.2 Å². The molecule has 1 N–H and O–H groups in total. The minimum absolute atomic E-state index is 0.221. The molecule has 0 aromatic carbocycles. The highest BCUT2D eigenvalue weighted by Crippen LogP contribution is 2.09. The summed E-state index contributed by atoms with van der Waals surface area (Å²) in [6, 6.07) is 0.221. The molecule has 0 aliphatic heterocycles. The summed E-state index contributed by atoms with van der Waals surface area (Å²) in [6.45, 7) is 5.70. The van der Waals surface area contributed by atoms with E-state index in [2.05, 4.69) is 15.0 Å². The van der Waals surface area contributed by atoms with E-state index in [4.69, 9.17) is 12.2 Å². The van der Waals surface area contributed by atoms with Crippen LogP contribution in [0.5, 0.6) is 0 Å². The molecular formula is C10H12N4OS. The molecule has 2 aromatic heterocycles. The van der Waals surface area contributed by atoms with Crippen LogP contribution in [-0.2, 0) is 0 Å². The summed E-state index contributed by atoms with van der Waals surface area (Å²) < 4.78 is 2.30. The van der Waals surface area contributed by atoms with Gasteiger partial charge in [-0.15, -0.1) is 0 Å². The van der Waals surface area contributed by atoms with E-state index < -0.39 is 0 Å². The second-order valence-corrected chi connectivity index (χ2v) is 4.27. The Labute approximate surface area is 97.2 Å². The number of rotatable bonds is 1. The molecule has 84 valence electrons. The third-order valence-corrected chi connectivity index (χ3v) is 2.64. The van der Waals surface area contributed by atoms with Crippen LogP contribution in [-0.4, -0.2) is 19.5 Å². The van der Waals surface area contributed by atoms with E-state index >= 15 is 0 Å². The zero-order valence-electron chi connectivity index (χ0n) is 9.31. The first-order valence-electron chi connectivity index (χ1n) is 4.99. The van der Waals surface area contributed by atoms with Crippen molar-refractivity contribution in [2.45, 2.75) is 26.8 Å². The van der Waals surface area contributed by atoms with Crippen LogP contribution in [0, 0.1) is 11.7 Å². The molecular weight excluding hydrogens is 224 g/mol. The Balaban J connectivity index is 2.85. The number of hydrogen-bond donors (Lipinski definition) is 1. The lowest BCUT2D eigenvalue weighted by atomic mass is 10.4. The van der Waals surface area contributed by atoms with E-state index in [-0.39, 0.29) is 11.6 Å². The smallest absolute Gasteiger partial charge is 0.270 e. The lowest BCUT2D eigenvalue weighted by Crippen LogP contribution is -2.14. The van der Waals surface area contributed by atoms with Crippen LogP contribution in [0.15, 0.2) is 11.0 Å². The fourth-order valence-electron chi connectivity index (χ4n) is 1.43. The number of hydrogen-bond acceptors (Lipinski definition) is 4. The first kappa shape index (κ1) is 10.9. The highest BCUT2D eigenvalue weighted by molar-refractivity contribution is 7.71. The first-order chi connectivity index (χ1) is 7.49. The van der Waals surface area contributed by atoms with Gasteiger partial charge in [0.15, 0.2) is 5.65 Å². The number of nitrogens with one attached hydrogen (secondary N) is 1. The SMILES string of the molecule is Cc1nc2cn(C(C)C)c(=S)nc2[nH]c1=O. The van der Waals surface area contributed by atoms with Gasteiger partial charge in [0.25, 0.3) is 5.56 Å². The molecule has 0 atom stereocenters. The summed E-state index contributed by atoms with van der Waals surface area (Å²) in [6.07, 6.45) is 1.82. The van der Waals surface area contributed by atoms with Gasteiger partial charge in [0.2, 0.25) is 4.77 Å². The summed E-state index contributed by atoms with van der Waals surface area (Å²) >= 11 is 5.13. The molecule has 2 rings (SSSR count). The van der Waals surface area contributed by atoms with Crippen molar-refractivity contribution in [2.24, 2.45) is 0 Å². The maximum absolute atomic E-state index is 11.4. The van der Waals surface area contributed by atoms with Crippen LogP contribution < -0.4 is 5.56 Å². The Hall–Kier alpha value is -1.56. The quantitative estimate of drug-likeness (QED) is 0.766. The molecule has 2 heterocycles. The minimum Gasteiger partial charge on any atom is -0.319 e. The Morgan fingerprint density at radius 1 is 1.44 bits per heavy atom. The van der Waals surface area contributed by atoms with Gasteiger partial charge in [-0.25, -0.2) is 9.97 Å². The van der Waals surface area contributed by atoms with Gasteiger partial charge in [0.05, 0.1) is 0 Å². The molecule has 0 aliphatic rings. The third-order valence-electron chi connectivity index (χ3n) is 2.34. The lowest BCUT2D eigenvalue weighted by molar-refractivity contribution is 0.580. The number of fused-ring (bicyclic) bond motifs is 1. The van der Waals surface area contributed by atoms with Gasteiger partial charge in [-0.3, -0.25) is 4.79 Å². The average molecular weight is 236 g/mol. The van der Waals surface area contributed by atoms with Crippen LogP contribution >= 0.6 is 12.2 Å². The zero-order chi connectivity index (χ0) is 11.9. The van der Waals surface area contributed by atoms with Gasteiger partial charge >= 0.3 is 0 Å². The van der Waals surface area contributed by atoms with E-state index in [9.17, 15) is 4.79 Å². The highest BCUT2D eigenvalue weighted by atomic mass is 32.1. The number of nitrogens with zero attached hydrogens (tertiary/aromatic N) is 3. The van der Waals surface area contributed by atoms with Crippen molar-refractivity contribution >= 4 is 23.4 Å². The maximum Gasteiger partial charge on any atom is 0.270 e. The molecule has 2 aromatic rings. The van der Waals surface area contributed by atoms with E-state index in [0.29, 0.717) is 21.6 Å². The molecule has 0 aliphatic carbocycles. The van der Waals surface area contributed by atoms with E-state index in [1.807, 2.05) is 24.6 Å². The van der Waals surface area contributed by atoms with Crippen molar-refractivity contribution in [1.29, 1.82) is 0 Å². The minimum atomic E-state index is -0.225. The molecule has 0 fully saturated rings. The molecule has 0 saturated heterocycles. The topological polar surface area (TPSA) is 63.6 Å². The van der Waals surface area contributed by atoms with E-state index in [1.165, 1.54) is 0 Å². The first-order valence-corrected chi connectivity index (χ1v) is 5.39. The van der Waals surface area contributed by atoms with Gasteiger partial charge in [-0.1, -0.05) is 0 Å². The van der Waals surface area contributed by atoms with Gasteiger partial charge < -0.3 is 9.55 Å². The summed E-state index contributed by atoms with van der Waals surface area (Å²) in [5.41, 5.74) is 1.30. The molecule has 5 nitrogen and oxygen atoms in total. The summed E-state index contributed by atoms with van der Waals surface area (Å²) in [5.74, 6) is 0. The molecule has 0 bridgehead atoms. The fraction of sp³-hybridized carbons (Fsp3) is 0.400. The second-order valence-electron chi connectivity index (χ2n) is 3.91. The normalized spacial score (nSPS) is 11.2. The Morgan fingerprint density at radius 3 is 2.75 bits per heavy atom. The predicted octanol–water partition coefficient (Wildman–Crippen LogP) is 1.74. The Kier molecular flexibility index (Phi) is 2.59. The van der Waals surface area contributed by atoms with E-state index in [0.717, 1.165) is 0 Å². The van der Waals surface area contributed by atoms with Crippen LogP contribution in [0.4, 0.5) is 0 Å². The van der Waals surface area contributed by atoms with Crippen molar-refractivity contribution in [3.63, 3.8) is 0 Å². The molecule has 6 heteroatoms. The van der Waals surface area contributed by atoms with Crippen LogP contribution in [0.3, 0.4) is 0 Å². The van der Waals surface area contributed by atoms with Crippen molar-refractivity contribution in [3.8, 4) is 0 Å². The van der Waals surface area contributed by atoms with E-state index in [1.54, 1.807) is 6.92 Å². The number of aromatic amines is 1. The molecule has 0 radical (unpaired) electrons. The molecule has 16 heavy (non-hydrogen) atoms. The Bertz CT molecular complexity index is 656. The van der Waals surface area contributed by atoms with Crippen molar-refractivity contribution in [2.75, 3.05) is 0 Å². The molecule has 0 spiro atoms. The lowest BCUT2D eigenvalue weighted by Gasteiger charge is -2.10. The average Bonchev–Trinajstić information content (AvgIpc) is 2.19. The van der Waals surface area contributed by atoms with Crippen LogP contribution in [0.1, 0.15) is 25.6 Å². The number of aryl methyl sites for hydroxylation is 1. The Morgan fingerprint density at radius 2 is 2.12 bits per heavy atom. The van der Waals surface area contributed by atoms with Gasteiger partial charge in [-0.2, -0.15) is 0 Å². The summed E-state index contributed by atoms with van der Waals surface area (Å²) in [7, 11) is 0. The second kappa shape index (κ2) is 3.79. The zero-order valence-corrected chi connectivity index (χ0v) is 10.1. The maximum atomic E-state index is 11.4. The fourth-order valence-corrected chi connectivity index (χ4v) is 1.79. The molecule has 0 saturated carbocycles. The summed E-state index contributed by atoms with van der Waals surface area (Å²) in [5, 5.41) is 0. The van der Waals surface area contributed by atoms with Crippen molar-refractivity contribution < 1.29 is 0 Å². The third kappa shape index (κ3) is 1.76. The van der Waals surface area contributed by atoms with Crippen molar-refractivity contribution in [1.82, 2.24) is 19.5 Å². The monoisotopic (exact) mass is 236 g/mol. The number of aromatic nitrogens is 4.